The van der Waals surface area contributed by atoms with Gasteiger partial charge in [0.25, 0.3) is 0 Å². The van der Waals surface area contributed by atoms with Crippen LogP contribution in [0.25, 0.3) is 0 Å². The maximum atomic E-state index is 6.83. The molecule has 34 valence electrons. The summed E-state index contributed by atoms with van der Waals surface area (Å²) in [5, 5.41) is 12.5. The van der Waals surface area contributed by atoms with Crippen LogP contribution in [0.3, 0.4) is 0 Å². The molecule has 1 rings (SSSR count). The molecule has 1 heterocycles. The zero-order chi connectivity index (χ0) is 4.41. The fourth-order valence-electron chi connectivity index (χ4n) is 0.309. The zero-order valence-electron chi connectivity index (χ0n) is 3.21. The fraction of sp³-hybridized carbons (Fsp3) is 0.500. The van der Waals surface area contributed by atoms with E-state index in [0.717, 1.165) is 6.29 Å². The van der Waals surface area contributed by atoms with Crippen molar-refractivity contribution in [3.63, 3.8) is 0 Å². The SMILES string of the molecule is N=C1NCPN1. The second-order valence-electron chi connectivity index (χ2n) is 1.03. The summed E-state index contributed by atoms with van der Waals surface area (Å²) in [5.74, 6) is 0.466. The van der Waals surface area contributed by atoms with Crippen LogP contribution in [0.15, 0.2) is 0 Å². The average molecular weight is 103 g/mol. The van der Waals surface area contributed by atoms with Gasteiger partial charge >= 0.3 is 0 Å². The molecule has 0 aromatic rings. The molecule has 0 spiro atoms. The smallest absolute Gasteiger partial charge is 0.191 e. The minimum absolute atomic E-state index is 0.466. The summed E-state index contributed by atoms with van der Waals surface area (Å²) in [6, 6.07) is 0. The van der Waals surface area contributed by atoms with Crippen LogP contribution in [0.4, 0.5) is 0 Å². The van der Waals surface area contributed by atoms with Crippen molar-refractivity contribution in [2.24, 2.45) is 0 Å². The van der Waals surface area contributed by atoms with Gasteiger partial charge in [0.2, 0.25) is 0 Å². The van der Waals surface area contributed by atoms with Gasteiger partial charge in [0.05, 0.1) is 6.29 Å². The molecular formula is C2H6N3P. The molecule has 0 bridgehead atoms. The van der Waals surface area contributed by atoms with Gasteiger partial charge in [-0.1, -0.05) is 0 Å². The standard InChI is InChI=1S/C2H6N3P/c3-2-4-1-6-5-2/h6H,1H2,(H3,3,4,5). The largest absolute Gasteiger partial charge is 0.351 e. The Bertz CT molecular complexity index is 63.2. The summed E-state index contributed by atoms with van der Waals surface area (Å²) in [7, 11) is 0.703. The van der Waals surface area contributed by atoms with Gasteiger partial charge in [-0.25, -0.2) is 0 Å². The predicted molar refractivity (Wildman–Crippen MR) is 27.2 cm³/mol. The molecular weight excluding hydrogens is 97.0 g/mol. The Morgan fingerprint density at radius 2 is 2.67 bits per heavy atom. The van der Waals surface area contributed by atoms with Gasteiger partial charge < -0.3 is 10.4 Å². The Labute approximate surface area is 37.9 Å². The maximum absolute atomic E-state index is 6.83. The first-order valence-electron chi connectivity index (χ1n) is 1.71. The molecule has 0 radical (unpaired) electrons. The van der Waals surface area contributed by atoms with E-state index in [-0.39, 0.29) is 0 Å². The van der Waals surface area contributed by atoms with Crippen LogP contribution < -0.4 is 10.4 Å². The second kappa shape index (κ2) is 1.43. The van der Waals surface area contributed by atoms with Gasteiger partial charge in [-0.2, -0.15) is 0 Å². The second-order valence-corrected chi connectivity index (χ2v) is 1.99. The summed E-state index contributed by atoms with van der Waals surface area (Å²) in [5.41, 5.74) is 0. The summed E-state index contributed by atoms with van der Waals surface area (Å²) in [6.45, 7) is 0. The van der Waals surface area contributed by atoms with Gasteiger partial charge in [0.15, 0.2) is 5.96 Å². The minimum Gasteiger partial charge on any atom is -0.351 e. The number of guanidine groups is 1. The molecule has 3 N–H and O–H groups in total. The highest BCUT2D eigenvalue weighted by Crippen LogP contribution is 2.02. The molecule has 4 heteroatoms. The number of hydrogen-bond donors (Lipinski definition) is 3. The van der Waals surface area contributed by atoms with Crippen molar-refractivity contribution in [1.29, 1.82) is 5.41 Å². The summed E-state index contributed by atoms with van der Waals surface area (Å²) in [4.78, 5) is 0. The molecule has 3 nitrogen and oxygen atoms in total. The van der Waals surface area contributed by atoms with Crippen LogP contribution in [0.5, 0.6) is 0 Å². The Morgan fingerprint density at radius 3 is 2.83 bits per heavy atom. The number of hydrogen-bond acceptors (Lipinski definition) is 1. The molecule has 1 unspecified atom stereocenters. The van der Waals surface area contributed by atoms with Crippen LogP contribution in [-0.4, -0.2) is 12.2 Å². The number of rotatable bonds is 0. The van der Waals surface area contributed by atoms with Gasteiger partial charge in [0.1, 0.15) is 0 Å². The van der Waals surface area contributed by atoms with E-state index in [1.807, 2.05) is 0 Å². The zero-order valence-corrected chi connectivity index (χ0v) is 4.21. The topological polar surface area (TPSA) is 47.9 Å². The third kappa shape index (κ3) is 0.601. The normalized spacial score (nSPS) is 23.7. The quantitative estimate of drug-likeness (QED) is 0.367. The highest BCUT2D eigenvalue weighted by molar-refractivity contribution is 7.37. The van der Waals surface area contributed by atoms with Gasteiger partial charge in [-0.15, -0.1) is 0 Å². The third-order valence-electron chi connectivity index (χ3n) is 0.567. The molecule has 1 aliphatic rings. The van der Waals surface area contributed by atoms with E-state index in [1.165, 1.54) is 0 Å². The molecule has 0 aromatic carbocycles. The van der Waals surface area contributed by atoms with Crippen molar-refractivity contribution >= 4 is 14.7 Å². The van der Waals surface area contributed by atoms with Gasteiger partial charge in [-0.3, -0.25) is 5.41 Å². The Hall–Kier alpha value is -0.300. The van der Waals surface area contributed by atoms with Crippen molar-refractivity contribution in [2.75, 3.05) is 6.29 Å². The van der Waals surface area contributed by atoms with Crippen molar-refractivity contribution < 1.29 is 0 Å². The molecule has 1 atom stereocenters. The molecule has 6 heavy (non-hydrogen) atoms. The van der Waals surface area contributed by atoms with Crippen LogP contribution in [-0.2, 0) is 0 Å². The highest BCUT2D eigenvalue weighted by Gasteiger charge is 1.98. The summed E-state index contributed by atoms with van der Waals surface area (Å²) < 4.78 is 0. The third-order valence-corrected chi connectivity index (χ3v) is 1.35. The Kier molecular flexibility index (Phi) is 0.926. The van der Waals surface area contributed by atoms with Crippen molar-refractivity contribution in [1.82, 2.24) is 10.4 Å². The first-order valence-corrected chi connectivity index (χ1v) is 2.91. The molecule has 0 amide bonds. The Balaban J connectivity index is 2.37. The molecule has 1 aliphatic heterocycles. The van der Waals surface area contributed by atoms with Crippen molar-refractivity contribution in [3.05, 3.63) is 0 Å². The summed E-state index contributed by atoms with van der Waals surface area (Å²) in [6.07, 6.45) is 0.929. The minimum atomic E-state index is 0.466. The van der Waals surface area contributed by atoms with Crippen molar-refractivity contribution in [3.8, 4) is 0 Å². The fourth-order valence-corrected chi connectivity index (χ4v) is 0.928. The molecule has 1 fully saturated rings. The molecule has 0 aliphatic carbocycles. The van der Waals surface area contributed by atoms with E-state index in [0.29, 0.717) is 14.7 Å². The maximum Gasteiger partial charge on any atom is 0.191 e. The number of nitrogens with one attached hydrogen (secondary N) is 3. The predicted octanol–water partition coefficient (Wildman–Crippen LogP) is -0.335. The lowest BCUT2D eigenvalue weighted by molar-refractivity contribution is 1.10. The first kappa shape index (κ1) is 3.88. The first-order chi connectivity index (χ1) is 2.89. The molecule has 0 aromatic heterocycles. The van der Waals surface area contributed by atoms with Gasteiger partial charge in [0, 0.05) is 0 Å². The lowest BCUT2D eigenvalue weighted by atomic mass is 11.0. The lowest BCUT2D eigenvalue weighted by Crippen LogP contribution is -2.20. The van der Waals surface area contributed by atoms with E-state index in [9.17, 15) is 0 Å². The van der Waals surface area contributed by atoms with E-state index in [2.05, 4.69) is 10.4 Å². The highest BCUT2D eigenvalue weighted by atomic mass is 31.1. The van der Waals surface area contributed by atoms with E-state index >= 15 is 0 Å². The van der Waals surface area contributed by atoms with Crippen molar-refractivity contribution in [2.45, 2.75) is 0 Å². The monoisotopic (exact) mass is 103 g/mol. The van der Waals surface area contributed by atoms with Crippen LogP contribution >= 0.6 is 8.73 Å². The lowest BCUT2D eigenvalue weighted by Gasteiger charge is -1.85. The van der Waals surface area contributed by atoms with E-state index < -0.39 is 0 Å². The molecule has 0 saturated carbocycles. The van der Waals surface area contributed by atoms with Crippen LogP contribution in [0.2, 0.25) is 0 Å². The van der Waals surface area contributed by atoms with E-state index in [4.69, 9.17) is 5.41 Å². The Morgan fingerprint density at radius 1 is 1.83 bits per heavy atom. The van der Waals surface area contributed by atoms with Crippen LogP contribution in [0, 0.1) is 5.41 Å². The van der Waals surface area contributed by atoms with Crippen LogP contribution in [0.1, 0.15) is 0 Å². The molecule has 1 saturated heterocycles. The van der Waals surface area contributed by atoms with E-state index in [1.54, 1.807) is 0 Å². The van der Waals surface area contributed by atoms with Gasteiger partial charge in [-0.05, 0) is 8.73 Å². The summed E-state index contributed by atoms with van der Waals surface area (Å²) >= 11 is 0. The average Bonchev–Trinajstić information content (AvgIpc) is 1.86.